The Morgan fingerprint density at radius 3 is 3.00 bits per heavy atom. The summed E-state index contributed by atoms with van der Waals surface area (Å²) in [6.45, 7) is 4.87. The molecule has 0 amide bonds. The monoisotopic (exact) mass is 165 g/mol. The van der Waals surface area contributed by atoms with Crippen molar-refractivity contribution in [1.82, 2.24) is 10.3 Å². The first kappa shape index (κ1) is 7.83. The predicted octanol–water partition coefficient (Wildman–Crippen LogP) is 0.428. The number of aryl methyl sites for hydroxylation is 1. The third kappa shape index (κ3) is 1.06. The van der Waals surface area contributed by atoms with Gasteiger partial charge in [-0.05, 0) is 31.0 Å². The van der Waals surface area contributed by atoms with Crippen molar-refractivity contribution in [2.24, 2.45) is 5.73 Å². The number of H-pyrrole nitrogens is 1. The minimum absolute atomic E-state index is 0.741. The van der Waals surface area contributed by atoms with Gasteiger partial charge in [-0.25, -0.2) is 0 Å². The number of nitrogens with one attached hydrogen (secondary N) is 2. The summed E-state index contributed by atoms with van der Waals surface area (Å²) in [4.78, 5) is 3.39. The van der Waals surface area contributed by atoms with Gasteiger partial charge in [-0.15, -0.1) is 0 Å². The van der Waals surface area contributed by atoms with Crippen LogP contribution in [0.2, 0.25) is 0 Å². The van der Waals surface area contributed by atoms with Crippen molar-refractivity contribution in [2.45, 2.75) is 26.4 Å². The SMILES string of the molecule is Cc1[nH]c2c(c1CCN)CNC2. The summed E-state index contributed by atoms with van der Waals surface area (Å²) in [7, 11) is 0. The van der Waals surface area contributed by atoms with Gasteiger partial charge < -0.3 is 16.0 Å². The first-order valence-electron chi connectivity index (χ1n) is 4.43. The van der Waals surface area contributed by atoms with Gasteiger partial charge in [-0.2, -0.15) is 0 Å². The minimum atomic E-state index is 0.741. The van der Waals surface area contributed by atoms with Gasteiger partial charge in [0.1, 0.15) is 0 Å². The van der Waals surface area contributed by atoms with Crippen molar-refractivity contribution in [3.05, 3.63) is 22.5 Å². The summed E-state index contributed by atoms with van der Waals surface area (Å²) in [5.74, 6) is 0. The fourth-order valence-corrected chi connectivity index (χ4v) is 1.95. The summed E-state index contributed by atoms with van der Waals surface area (Å²) in [6, 6.07) is 0. The first-order chi connectivity index (χ1) is 5.83. The summed E-state index contributed by atoms with van der Waals surface area (Å²) < 4.78 is 0. The number of hydrogen-bond donors (Lipinski definition) is 3. The maximum Gasteiger partial charge on any atom is 0.0363 e. The highest BCUT2D eigenvalue weighted by Gasteiger charge is 2.17. The lowest BCUT2D eigenvalue weighted by atomic mass is 10.1. The second-order valence-corrected chi connectivity index (χ2v) is 3.33. The quantitative estimate of drug-likeness (QED) is 0.595. The lowest BCUT2D eigenvalue weighted by molar-refractivity contribution is 0.745. The van der Waals surface area contributed by atoms with Gasteiger partial charge >= 0.3 is 0 Å². The molecule has 0 spiro atoms. The van der Waals surface area contributed by atoms with Crippen molar-refractivity contribution >= 4 is 0 Å². The summed E-state index contributed by atoms with van der Waals surface area (Å²) in [5, 5.41) is 3.32. The molecule has 0 bridgehead atoms. The van der Waals surface area contributed by atoms with E-state index in [1.165, 1.54) is 22.5 Å². The average Bonchev–Trinajstić information content (AvgIpc) is 2.56. The van der Waals surface area contributed by atoms with Gasteiger partial charge in [0.25, 0.3) is 0 Å². The van der Waals surface area contributed by atoms with E-state index >= 15 is 0 Å². The van der Waals surface area contributed by atoms with Crippen molar-refractivity contribution in [1.29, 1.82) is 0 Å². The van der Waals surface area contributed by atoms with Crippen LogP contribution < -0.4 is 11.1 Å². The van der Waals surface area contributed by atoms with E-state index in [1.54, 1.807) is 0 Å². The number of aromatic amines is 1. The van der Waals surface area contributed by atoms with Gasteiger partial charge in [-0.3, -0.25) is 0 Å². The van der Waals surface area contributed by atoms with Gasteiger partial charge in [0.05, 0.1) is 0 Å². The van der Waals surface area contributed by atoms with Crippen LogP contribution in [0.1, 0.15) is 22.5 Å². The molecule has 66 valence electrons. The van der Waals surface area contributed by atoms with E-state index < -0.39 is 0 Å². The average molecular weight is 165 g/mol. The number of fused-ring (bicyclic) bond motifs is 1. The molecule has 4 N–H and O–H groups in total. The molecule has 0 saturated heterocycles. The zero-order valence-corrected chi connectivity index (χ0v) is 7.41. The molecule has 0 fully saturated rings. The Labute approximate surface area is 72.3 Å². The molecule has 1 aromatic rings. The molecular weight excluding hydrogens is 150 g/mol. The van der Waals surface area contributed by atoms with Gasteiger partial charge in [0, 0.05) is 24.5 Å². The Hall–Kier alpha value is -0.800. The zero-order valence-electron chi connectivity index (χ0n) is 7.41. The Morgan fingerprint density at radius 2 is 2.25 bits per heavy atom. The van der Waals surface area contributed by atoms with Crippen LogP contribution in [0.3, 0.4) is 0 Å². The Bertz CT molecular complexity index is 288. The van der Waals surface area contributed by atoms with Crippen LogP contribution in [0.15, 0.2) is 0 Å². The van der Waals surface area contributed by atoms with E-state index in [9.17, 15) is 0 Å². The van der Waals surface area contributed by atoms with Crippen LogP contribution in [-0.2, 0) is 19.5 Å². The maximum absolute atomic E-state index is 5.55. The van der Waals surface area contributed by atoms with Crippen LogP contribution >= 0.6 is 0 Å². The van der Waals surface area contributed by atoms with Crippen LogP contribution in [0.25, 0.3) is 0 Å². The van der Waals surface area contributed by atoms with E-state index in [2.05, 4.69) is 17.2 Å². The van der Waals surface area contributed by atoms with Gasteiger partial charge in [0.15, 0.2) is 0 Å². The fourth-order valence-electron chi connectivity index (χ4n) is 1.95. The summed E-state index contributed by atoms with van der Waals surface area (Å²) in [5.41, 5.74) is 11.1. The highest BCUT2D eigenvalue weighted by atomic mass is 14.9. The first-order valence-corrected chi connectivity index (χ1v) is 4.43. The lowest BCUT2D eigenvalue weighted by Gasteiger charge is -2.00. The molecule has 0 aromatic carbocycles. The smallest absolute Gasteiger partial charge is 0.0363 e. The Kier molecular flexibility index (Phi) is 1.90. The molecule has 0 radical (unpaired) electrons. The van der Waals surface area contributed by atoms with E-state index in [0.717, 1.165) is 26.1 Å². The Balaban J connectivity index is 2.38. The molecule has 1 aliphatic rings. The number of nitrogens with two attached hydrogens (primary N) is 1. The molecule has 1 aliphatic heterocycles. The maximum atomic E-state index is 5.55. The van der Waals surface area contributed by atoms with Crippen molar-refractivity contribution in [3.8, 4) is 0 Å². The second-order valence-electron chi connectivity index (χ2n) is 3.33. The topological polar surface area (TPSA) is 53.8 Å². The predicted molar refractivity (Wildman–Crippen MR) is 48.8 cm³/mol. The van der Waals surface area contributed by atoms with E-state index in [-0.39, 0.29) is 0 Å². The molecule has 1 aromatic heterocycles. The van der Waals surface area contributed by atoms with Gasteiger partial charge in [-0.1, -0.05) is 0 Å². The molecule has 0 atom stereocenters. The molecule has 3 nitrogen and oxygen atoms in total. The zero-order chi connectivity index (χ0) is 8.55. The second kappa shape index (κ2) is 2.92. The highest BCUT2D eigenvalue weighted by Crippen LogP contribution is 2.22. The molecule has 2 heterocycles. The largest absolute Gasteiger partial charge is 0.361 e. The molecule has 12 heavy (non-hydrogen) atoms. The summed E-state index contributed by atoms with van der Waals surface area (Å²) in [6.07, 6.45) is 0.999. The van der Waals surface area contributed by atoms with Crippen molar-refractivity contribution < 1.29 is 0 Å². The third-order valence-corrected chi connectivity index (χ3v) is 2.52. The van der Waals surface area contributed by atoms with Crippen molar-refractivity contribution in [3.63, 3.8) is 0 Å². The molecule has 3 heteroatoms. The van der Waals surface area contributed by atoms with Crippen LogP contribution in [-0.4, -0.2) is 11.5 Å². The van der Waals surface area contributed by atoms with E-state index in [4.69, 9.17) is 5.73 Å². The molecule has 0 aliphatic carbocycles. The minimum Gasteiger partial charge on any atom is -0.361 e. The summed E-state index contributed by atoms with van der Waals surface area (Å²) >= 11 is 0. The normalized spacial score (nSPS) is 15.2. The number of rotatable bonds is 2. The van der Waals surface area contributed by atoms with E-state index in [0.29, 0.717) is 0 Å². The van der Waals surface area contributed by atoms with Crippen LogP contribution in [0.5, 0.6) is 0 Å². The van der Waals surface area contributed by atoms with Gasteiger partial charge in [0.2, 0.25) is 0 Å². The fraction of sp³-hybridized carbons (Fsp3) is 0.556. The van der Waals surface area contributed by atoms with Crippen LogP contribution in [0.4, 0.5) is 0 Å². The Morgan fingerprint density at radius 1 is 1.42 bits per heavy atom. The third-order valence-electron chi connectivity index (χ3n) is 2.52. The van der Waals surface area contributed by atoms with E-state index in [1.807, 2.05) is 0 Å². The number of aromatic nitrogens is 1. The molecule has 0 unspecified atom stereocenters. The molecule has 0 saturated carbocycles. The lowest BCUT2D eigenvalue weighted by Crippen LogP contribution is -2.07. The number of hydrogen-bond acceptors (Lipinski definition) is 2. The van der Waals surface area contributed by atoms with Crippen molar-refractivity contribution in [2.75, 3.05) is 6.54 Å². The molecular formula is C9H15N3. The highest BCUT2D eigenvalue weighted by molar-refractivity contribution is 5.38. The molecule has 2 rings (SSSR count). The standard InChI is InChI=1S/C9H15N3/c1-6-7(2-3-10)8-4-11-5-9(8)12-6/h11-12H,2-5,10H2,1H3. The van der Waals surface area contributed by atoms with Crippen LogP contribution in [0, 0.1) is 6.92 Å².